The average Bonchev–Trinajstić information content (AvgIpc) is 2.38. The maximum atomic E-state index is 12.2. The van der Waals surface area contributed by atoms with Crippen molar-refractivity contribution in [3.8, 4) is 5.75 Å². The Morgan fingerprint density at radius 3 is 2.53 bits per heavy atom. The van der Waals surface area contributed by atoms with Crippen molar-refractivity contribution in [3.63, 3.8) is 0 Å². The van der Waals surface area contributed by atoms with Gasteiger partial charge in [0.25, 0.3) is 5.91 Å². The maximum absolute atomic E-state index is 12.2. The van der Waals surface area contributed by atoms with Gasteiger partial charge in [0.05, 0.1) is 0 Å². The molecule has 98 valence electrons. The summed E-state index contributed by atoms with van der Waals surface area (Å²) in [5.74, 6) is -0.154. The van der Waals surface area contributed by atoms with Crippen molar-refractivity contribution < 1.29 is 9.90 Å². The molecule has 19 heavy (non-hydrogen) atoms. The smallest absolute Gasteiger partial charge is 0.256 e. The summed E-state index contributed by atoms with van der Waals surface area (Å²) in [6.07, 6.45) is 0. The summed E-state index contributed by atoms with van der Waals surface area (Å²) in [4.78, 5) is 12.2. The summed E-state index contributed by atoms with van der Waals surface area (Å²) in [6.45, 7) is 3.55. The summed E-state index contributed by atoms with van der Waals surface area (Å²) < 4.78 is 0. The van der Waals surface area contributed by atoms with E-state index in [9.17, 15) is 9.90 Å². The maximum Gasteiger partial charge on any atom is 0.256 e. The lowest BCUT2D eigenvalue weighted by atomic mass is 10.1. The van der Waals surface area contributed by atoms with E-state index in [-0.39, 0.29) is 11.7 Å². The molecule has 0 saturated carbocycles. The molecular weight excluding hydrogens is 240 g/mol. The second-order valence-corrected chi connectivity index (χ2v) is 4.42. The Balaban J connectivity index is 2.31. The molecule has 4 N–H and O–H groups in total. The van der Waals surface area contributed by atoms with Crippen LogP contribution in [0, 0.1) is 13.8 Å². The summed E-state index contributed by atoms with van der Waals surface area (Å²) in [7, 11) is 0. The van der Waals surface area contributed by atoms with E-state index in [0.29, 0.717) is 22.5 Å². The van der Waals surface area contributed by atoms with Crippen LogP contribution >= 0.6 is 0 Å². The standard InChI is InChI=1S/C15H16N2O2/c1-9-11(5-3-8-14(9)18)15(19)17-13-7-4-6-12(16)10(13)2/h3-8,18H,16H2,1-2H3,(H,17,19). The molecule has 0 saturated heterocycles. The molecule has 0 radical (unpaired) electrons. The Morgan fingerprint density at radius 1 is 1.11 bits per heavy atom. The third-order valence-electron chi connectivity index (χ3n) is 3.17. The number of aromatic hydroxyl groups is 1. The Bertz CT molecular complexity index is 636. The van der Waals surface area contributed by atoms with Crippen molar-refractivity contribution in [3.05, 3.63) is 53.1 Å². The quantitative estimate of drug-likeness (QED) is 0.723. The number of amides is 1. The zero-order valence-corrected chi connectivity index (χ0v) is 10.9. The number of anilines is 2. The summed E-state index contributed by atoms with van der Waals surface area (Å²) in [5, 5.41) is 12.4. The molecule has 0 aliphatic carbocycles. The van der Waals surface area contributed by atoms with Crippen molar-refractivity contribution in [1.82, 2.24) is 0 Å². The molecular formula is C15H16N2O2. The zero-order valence-electron chi connectivity index (χ0n) is 10.9. The molecule has 0 fully saturated rings. The highest BCUT2D eigenvalue weighted by Crippen LogP contribution is 2.23. The monoisotopic (exact) mass is 256 g/mol. The normalized spacial score (nSPS) is 10.2. The molecule has 0 heterocycles. The number of hydrogen-bond acceptors (Lipinski definition) is 3. The van der Waals surface area contributed by atoms with Crippen LogP contribution in [0.25, 0.3) is 0 Å². The fourth-order valence-electron chi connectivity index (χ4n) is 1.85. The topological polar surface area (TPSA) is 75.3 Å². The molecule has 0 atom stereocenters. The lowest BCUT2D eigenvalue weighted by Gasteiger charge is -2.12. The summed E-state index contributed by atoms with van der Waals surface area (Å²) in [6, 6.07) is 10.2. The molecule has 0 bridgehead atoms. The number of carbonyl (C=O) groups excluding carboxylic acids is 1. The van der Waals surface area contributed by atoms with Gasteiger partial charge in [0.15, 0.2) is 0 Å². The first-order chi connectivity index (χ1) is 9.00. The minimum absolute atomic E-state index is 0.108. The summed E-state index contributed by atoms with van der Waals surface area (Å²) >= 11 is 0. The fraction of sp³-hybridized carbons (Fsp3) is 0.133. The first kappa shape index (κ1) is 13.0. The van der Waals surface area contributed by atoms with Crippen molar-refractivity contribution in [2.75, 3.05) is 11.1 Å². The number of nitrogen functional groups attached to an aromatic ring is 1. The molecule has 0 unspecified atom stereocenters. The lowest BCUT2D eigenvalue weighted by molar-refractivity contribution is 0.102. The first-order valence-corrected chi connectivity index (χ1v) is 5.95. The van der Waals surface area contributed by atoms with E-state index in [0.717, 1.165) is 5.56 Å². The SMILES string of the molecule is Cc1c(N)cccc1NC(=O)c1cccc(O)c1C. The van der Waals surface area contributed by atoms with Crippen LogP contribution in [0.5, 0.6) is 5.75 Å². The van der Waals surface area contributed by atoms with E-state index in [2.05, 4.69) is 5.32 Å². The van der Waals surface area contributed by atoms with E-state index in [1.165, 1.54) is 0 Å². The van der Waals surface area contributed by atoms with E-state index in [1.54, 1.807) is 43.3 Å². The van der Waals surface area contributed by atoms with Crippen LogP contribution in [-0.4, -0.2) is 11.0 Å². The Hall–Kier alpha value is -2.49. The van der Waals surface area contributed by atoms with Gasteiger partial charge in [-0.1, -0.05) is 12.1 Å². The van der Waals surface area contributed by atoms with E-state index in [1.807, 2.05) is 6.92 Å². The van der Waals surface area contributed by atoms with Gasteiger partial charge in [-0.15, -0.1) is 0 Å². The number of phenolic OH excluding ortho intramolecular Hbond substituents is 1. The Morgan fingerprint density at radius 2 is 1.79 bits per heavy atom. The van der Waals surface area contributed by atoms with Crippen molar-refractivity contribution >= 4 is 17.3 Å². The molecule has 2 rings (SSSR count). The van der Waals surface area contributed by atoms with Gasteiger partial charge in [0.1, 0.15) is 5.75 Å². The second kappa shape index (κ2) is 5.02. The number of nitrogens with one attached hydrogen (secondary N) is 1. The van der Waals surface area contributed by atoms with Crippen molar-refractivity contribution in [2.45, 2.75) is 13.8 Å². The van der Waals surface area contributed by atoms with Gasteiger partial charge >= 0.3 is 0 Å². The Labute approximate surface area is 111 Å². The van der Waals surface area contributed by atoms with Gasteiger partial charge in [-0.3, -0.25) is 4.79 Å². The van der Waals surface area contributed by atoms with Crippen LogP contribution < -0.4 is 11.1 Å². The molecule has 0 aromatic heterocycles. The Kier molecular flexibility index (Phi) is 3.42. The molecule has 2 aromatic carbocycles. The third kappa shape index (κ3) is 2.52. The van der Waals surface area contributed by atoms with Gasteiger partial charge in [0, 0.05) is 22.5 Å². The highest BCUT2D eigenvalue weighted by molar-refractivity contribution is 6.06. The van der Waals surface area contributed by atoms with Crippen LogP contribution in [-0.2, 0) is 0 Å². The van der Waals surface area contributed by atoms with E-state index >= 15 is 0 Å². The molecule has 4 heteroatoms. The van der Waals surface area contributed by atoms with Crippen LogP contribution in [0.15, 0.2) is 36.4 Å². The number of phenols is 1. The summed E-state index contributed by atoms with van der Waals surface area (Å²) in [5.41, 5.74) is 8.93. The van der Waals surface area contributed by atoms with Gasteiger partial charge in [0.2, 0.25) is 0 Å². The first-order valence-electron chi connectivity index (χ1n) is 5.95. The molecule has 0 aliphatic rings. The van der Waals surface area contributed by atoms with Gasteiger partial charge in [-0.2, -0.15) is 0 Å². The van der Waals surface area contributed by atoms with Gasteiger partial charge in [-0.25, -0.2) is 0 Å². The highest BCUT2D eigenvalue weighted by Gasteiger charge is 2.12. The van der Waals surface area contributed by atoms with Gasteiger partial charge < -0.3 is 16.2 Å². The number of nitrogens with two attached hydrogens (primary N) is 1. The molecule has 1 amide bonds. The minimum atomic E-state index is -0.262. The van der Waals surface area contributed by atoms with Gasteiger partial charge in [-0.05, 0) is 43.7 Å². The van der Waals surface area contributed by atoms with Crippen molar-refractivity contribution in [2.24, 2.45) is 0 Å². The zero-order chi connectivity index (χ0) is 14.0. The molecule has 4 nitrogen and oxygen atoms in total. The predicted octanol–water partition coefficient (Wildman–Crippen LogP) is 2.84. The highest BCUT2D eigenvalue weighted by atomic mass is 16.3. The fourth-order valence-corrected chi connectivity index (χ4v) is 1.85. The number of carbonyl (C=O) groups is 1. The van der Waals surface area contributed by atoms with E-state index in [4.69, 9.17) is 5.73 Å². The van der Waals surface area contributed by atoms with Crippen LogP contribution in [0.4, 0.5) is 11.4 Å². The van der Waals surface area contributed by atoms with Crippen LogP contribution in [0.2, 0.25) is 0 Å². The number of hydrogen-bond donors (Lipinski definition) is 3. The van der Waals surface area contributed by atoms with Crippen LogP contribution in [0.1, 0.15) is 21.5 Å². The lowest BCUT2D eigenvalue weighted by Crippen LogP contribution is -2.14. The number of benzene rings is 2. The largest absolute Gasteiger partial charge is 0.508 e. The third-order valence-corrected chi connectivity index (χ3v) is 3.17. The number of rotatable bonds is 2. The molecule has 2 aromatic rings. The predicted molar refractivity (Wildman–Crippen MR) is 76.4 cm³/mol. The minimum Gasteiger partial charge on any atom is -0.508 e. The molecule has 0 spiro atoms. The van der Waals surface area contributed by atoms with Crippen molar-refractivity contribution in [1.29, 1.82) is 0 Å². The van der Waals surface area contributed by atoms with E-state index < -0.39 is 0 Å². The van der Waals surface area contributed by atoms with Crippen LogP contribution in [0.3, 0.4) is 0 Å². The average molecular weight is 256 g/mol. The second-order valence-electron chi connectivity index (χ2n) is 4.42. The molecule has 0 aliphatic heterocycles.